The van der Waals surface area contributed by atoms with Gasteiger partial charge in [0.15, 0.2) is 0 Å². The summed E-state index contributed by atoms with van der Waals surface area (Å²) in [6.07, 6.45) is 0.994. The summed E-state index contributed by atoms with van der Waals surface area (Å²) < 4.78 is 25.1. The molecule has 1 N–H and O–H groups in total. The first kappa shape index (κ1) is 18.6. The molecule has 0 aliphatic rings. The van der Waals surface area contributed by atoms with E-state index in [1.165, 1.54) is 12.1 Å². The van der Waals surface area contributed by atoms with E-state index in [-0.39, 0.29) is 15.7 Å². The molecule has 2 aromatic carbocycles. The van der Waals surface area contributed by atoms with E-state index in [0.29, 0.717) is 5.69 Å². The normalized spacial score (nSPS) is 11.2. The Balaban J connectivity index is 2.31. The number of nitrogens with zero attached hydrogens (tertiary/aromatic N) is 1. The van der Waals surface area contributed by atoms with Gasteiger partial charge in [-0.05, 0) is 30.7 Å². The molecule has 1 amide bonds. The number of anilines is 2. The highest BCUT2D eigenvalue weighted by Gasteiger charge is 2.25. The van der Waals surface area contributed by atoms with E-state index < -0.39 is 22.5 Å². The summed E-state index contributed by atoms with van der Waals surface area (Å²) in [7, 11) is -3.76. The van der Waals surface area contributed by atoms with Gasteiger partial charge in [0.25, 0.3) is 0 Å². The number of aryl methyl sites for hydroxylation is 1. The van der Waals surface area contributed by atoms with E-state index in [0.717, 1.165) is 16.1 Å². The molecule has 2 rings (SSSR count). The lowest BCUT2D eigenvalue weighted by molar-refractivity contribution is -0.114. The van der Waals surface area contributed by atoms with Gasteiger partial charge in [-0.1, -0.05) is 47.5 Å². The fraction of sp³-hybridized carbons (Fsp3) is 0.188. The number of hydrogen-bond donors (Lipinski definition) is 1. The third-order valence-corrected chi connectivity index (χ3v) is 5.02. The first-order chi connectivity index (χ1) is 11.2. The van der Waals surface area contributed by atoms with Gasteiger partial charge in [-0.25, -0.2) is 8.42 Å². The Bertz CT molecular complexity index is 849. The van der Waals surface area contributed by atoms with E-state index in [1.807, 2.05) is 19.1 Å². The molecule has 0 atom stereocenters. The Morgan fingerprint density at radius 1 is 1.08 bits per heavy atom. The zero-order valence-corrected chi connectivity index (χ0v) is 15.4. The second kappa shape index (κ2) is 7.42. The first-order valence-corrected chi connectivity index (χ1v) is 9.58. The van der Waals surface area contributed by atoms with Crippen molar-refractivity contribution >= 4 is 50.5 Å². The van der Waals surface area contributed by atoms with Crippen molar-refractivity contribution in [1.29, 1.82) is 0 Å². The summed E-state index contributed by atoms with van der Waals surface area (Å²) in [4.78, 5) is 12.3. The van der Waals surface area contributed by atoms with Crippen LogP contribution in [0, 0.1) is 6.92 Å². The number of hydrogen-bond acceptors (Lipinski definition) is 3. The quantitative estimate of drug-likeness (QED) is 0.851. The van der Waals surface area contributed by atoms with Gasteiger partial charge in [-0.15, -0.1) is 0 Å². The Hall–Kier alpha value is -1.76. The molecular weight excluding hydrogens is 371 g/mol. The number of carbonyl (C=O) groups is 1. The number of amides is 1. The summed E-state index contributed by atoms with van der Waals surface area (Å²) >= 11 is 12.2. The number of carbonyl (C=O) groups excluding carboxylic acids is 1. The molecule has 0 bridgehead atoms. The van der Waals surface area contributed by atoms with Crippen molar-refractivity contribution in [3.05, 3.63) is 58.1 Å². The predicted molar refractivity (Wildman–Crippen MR) is 98.5 cm³/mol. The Kier molecular flexibility index (Phi) is 5.74. The monoisotopic (exact) mass is 386 g/mol. The molecule has 5 nitrogen and oxygen atoms in total. The van der Waals surface area contributed by atoms with Gasteiger partial charge in [0.1, 0.15) is 6.54 Å². The van der Waals surface area contributed by atoms with Crippen LogP contribution in [-0.4, -0.2) is 27.1 Å². The summed E-state index contributed by atoms with van der Waals surface area (Å²) in [5.74, 6) is -0.495. The molecule has 0 heterocycles. The Morgan fingerprint density at radius 2 is 1.67 bits per heavy atom. The second-order valence-electron chi connectivity index (χ2n) is 5.20. The largest absolute Gasteiger partial charge is 0.324 e. The van der Waals surface area contributed by atoms with Crippen LogP contribution < -0.4 is 9.62 Å². The summed E-state index contributed by atoms with van der Waals surface area (Å²) in [5.41, 5.74) is 1.57. The van der Waals surface area contributed by atoms with Gasteiger partial charge in [-0.2, -0.15) is 0 Å². The van der Waals surface area contributed by atoms with E-state index in [4.69, 9.17) is 23.2 Å². The van der Waals surface area contributed by atoms with Gasteiger partial charge in [0.2, 0.25) is 15.9 Å². The number of rotatable bonds is 5. The standard InChI is InChI=1S/C16H16Cl2N2O3S/c1-11-6-3-4-9-14(11)19-15(21)10-20(24(2,22)23)16-12(17)7-5-8-13(16)18/h3-9H,10H2,1-2H3,(H,19,21). The first-order valence-electron chi connectivity index (χ1n) is 6.97. The van der Waals surface area contributed by atoms with E-state index in [2.05, 4.69) is 5.32 Å². The molecule has 0 spiro atoms. The highest BCUT2D eigenvalue weighted by molar-refractivity contribution is 7.92. The molecule has 0 aromatic heterocycles. The maximum atomic E-state index is 12.3. The topological polar surface area (TPSA) is 66.5 Å². The predicted octanol–water partition coefficient (Wildman–Crippen LogP) is 3.71. The van der Waals surface area contributed by atoms with E-state index in [9.17, 15) is 13.2 Å². The van der Waals surface area contributed by atoms with E-state index >= 15 is 0 Å². The molecule has 128 valence electrons. The highest BCUT2D eigenvalue weighted by Crippen LogP contribution is 2.34. The van der Waals surface area contributed by atoms with Crippen LogP contribution in [0.2, 0.25) is 10.0 Å². The van der Waals surface area contributed by atoms with Crippen molar-refractivity contribution in [1.82, 2.24) is 0 Å². The third kappa shape index (κ3) is 4.41. The lowest BCUT2D eigenvalue weighted by Gasteiger charge is -2.24. The van der Waals surface area contributed by atoms with Gasteiger partial charge in [-0.3, -0.25) is 9.10 Å². The SMILES string of the molecule is Cc1ccccc1NC(=O)CN(c1c(Cl)cccc1Cl)S(C)(=O)=O. The average molecular weight is 387 g/mol. The summed E-state index contributed by atoms with van der Waals surface area (Å²) in [5, 5.41) is 2.99. The second-order valence-corrected chi connectivity index (χ2v) is 7.92. The minimum Gasteiger partial charge on any atom is -0.324 e. The molecule has 0 radical (unpaired) electrons. The van der Waals surface area contributed by atoms with Crippen LogP contribution in [0.3, 0.4) is 0 Å². The van der Waals surface area contributed by atoms with Crippen LogP contribution in [0.1, 0.15) is 5.56 Å². The molecule has 0 saturated carbocycles. The fourth-order valence-corrected chi connectivity index (χ4v) is 3.70. The molecular formula is C16H16Cl2N2O3S. The highest BCUT2D eigenvalue weighted by atomic mass is 35.5. The van der Waals surface area contributed by atoms with Gasteiger partial charge in [0, 0.05) is 5.69 Å². The minimum absolute atomic E-state index is 0.0864. The maximum Gasteiger partial charge on any atom is 0.245 e. The Labute approximate surface area is 151 Å². The van der Waals surface area contributed by atoms with Crippen LogP contribution in [0.4, 0.5) is 11.4 Å². The zero-order valence-electron chi connectivity index (χ0n) is 13.1. The van der Waals surface area contributed by atoms with Crippen LogP contribution >= 0.6 is 23.2 Å². The maximum absolute atomic E-state index is 12.3. The molecule has 0 unspecified atom stereocenters. The van der Waals surface area contributed by atoms with Crippen LogP contribution in [0.25, 0.3) is 0 Å². The average Bonchev–Trinajstić information content (AvgIpc) is 2.47. The van der Waals surface area contributed by atoms with E-state index in [1.54, 1.807) is 18.2 Å². The van der Waals surface area contributed by atoms with Crippen molar-refractivity contribution < 1.29 is 13.2 Å². The van der Waals surface area contributed by atoms with Crippen LogP contribution in [-0.2, 0) is 14.8 Å². The molecule has 0 aliphatic carbocycles. The van der Waals surface area contributed by atoms with Crippen molar-refractivity contribution in [2.24, 2.45) is 0 Å². The number of para-hydroxylation sites is 2. The molecule has 0 saturated heterocycles. The molecule has 0 aliphatic heterocycles. The van der Waals surface area contributed by atoms with Crippen molar-refractivity contribution in [2.75, 3.05) is 22.4 Å². The third-order valence-electron chi connectivity index (χ3n) is 3.29. The fourth-order valence-electron chi connectivity index (χ4n) is 2.12. The smallest absolute Gasteiger partial charge is 0.245 e. The van der Waals surface area contributed by atoms with Gasteiger partial charge < -0.3 is 5.32 Å². The van der Waals surface area contributed by atoms with Crippen molar-refractivity contribution in [2.45, 2.75) is 6.92 Å². The molecule has 8 heteroatoms. The summed E-state index contributed by atoms with van der Waals surface area (Å²) in [6, 6.07) is 11.8. The Morgan fingerprint density at radius 3 is 2.21 bits per heavy atom. The zero-order chi connectivity index (χ0) is 17.9. The van der Waals surface area contributed by atoms with Crippen LogP contribution in [0.15, 0.2) is 42.5 Å². The lowest BCUT2D eigenvalue weighted by Crippen LogP contribution is -2.37. The van der Waals surface area contributed by atoms with Gasteiger partial charge >= 0.3 is 0 Å². The number of sulfonamides is 1. The lowest BCUT2D eigenvalue weighted by atomic mass is 10.2. The number of halogens is 2. The van der Waals surface area contributed by atoms with Crippen molar-refractivity contribution in [3.63, 3.8) is 0 Å². The number of benzene rings is 2. The summed E-state index contributed by atoms with van der Waals surface area (Å²) in [6.45, 7) is 1.41. The molecule has 24 heavy (non-hydrogen) atoms. The molecule has 0 fully saturated rings. The number of nitrogens with one attached hydrogen (secondary N) is 1. The van der Waals surface area contributed by atoms with Crippen LogP contribution in [0.5, 0.6) is 0 Å². The van der Waals surface area contributed by atoms with Crippen molar-refractivity contribution in [3.8, 4) is 0 Å². The minimum atomic E-state index is -3.76. The van der Waals surface area contributed by atoms with Gasteiger partial charge in [0.05, 0.1) is 22.0 Å². The molecule has 2 aromatic rings.